The Labute approximate surface area is 197 Å². The summed E-state index contributed by atoms with van der Waals surface area (Å²) in [5, 5.41) is 0. The van der Waals surface area contributed by atoms with Crippen molar-refractivity contribution in [2.45, 2.75) is 36.7 Å². The first-order valence-corrected chi connectivity index (χ1v) is 11.6. The highest BCUT2D eigenvalue weighted by molar-refractivity contribution is 6.53. The predicted molar refractivity (Wildman–Crippen MR) is 127 cm³/mol. The Kier molecular flexibility index (Phi) is 5.48. The lowest BCUT2D eigenvalue weighted by Gasteiger charge is -2.39. The van der Waals surface area contributed by atoms with Gasteiger partial charge in [0.2, 0.25) is 5.91 Å². The SMILES string of the molecule is Cc1ccc(C2c3cccn3-c3ccccc3N2C(=O)CN(C(=O)C(Cl)Cl)C2CC2)cc1. The minimum absolute atomic E-state index is 0.0215. The van der Waals surface area contributed by atoms with E-state index in [1.807, 2.05) is 54.4 Å². The summed E-state index contributed by atoms with van der Waals surface area (Å²) in [5.74, 6) is -0.575. The van der Waals surface area contributed by atoms with E-state index in [2.05, 4.69) is 28.8 Å². The lowest BCUT2D eigenvalue weighted by Crippen LogP contribution is -2.48. The normalized spacial score (nSPS) is 17.1. The van der Waals surface area contributed by atoms with Crippen LogP contribution in [-0.4, -0.2) is 38.7 Å². The van der Waals surface area contributed by atoms with Crippen molar-refractivity contribution >= 4 is 40.7 Å². The number of aryl methyl sites for hydroxylation is 1. The summed E-state index contributed by atoms with van der Waals surface area (Å²) in [6.45, 7) is 1.98. The van der Waals surface area contributed by atoms with Gasteiger partial charge in [0.05, 0.1) is 17.1 Å². The molecule has 0 saturated heterocycles. The van der Waals surface area contributed by atoms with Crippen molar-refractivity contribution in [3.63, 3.8) is 0 Å². The maximum Gasteiger partial charge on any atom is 0.256 e. The van der Waals surface area contributed by atoms with E-state index in [1.54, 1.807) is 0 Å². The number of aromatic nitrogens is 1. The molecule has 5 nitrogen and oxygen atoms in total. The van der Waals surface area contributed by atoms with Gasteiger partial charge in [-0.1, -0.05) is 65.2 Å². The molecule has 3 aromatic rings. The van der Waals surface area contributed by atoms with E-state index in [0.717, 1.165) is 41.0 Å². The monoisotopic (exact) mass is 467 g/mol. The van der Waals surface area contributed by atoms with Gasteiger partial charge < -0.3 is 9.47 Å². The first kappa shape index (κ1) is 21.1. The standard InChI is InChI=1S/C25H23Cl2N3O2/c1-16-8-10-17(11-9-16)23-21-7-4-14-28(21)19-5-2-3-6-20(19)30(23)22(31)15-29(18-12-13-18)25(32)24(26)27/h2-11,14,18,23-24H,12-13,15H2,1H3. The fraction of sp³-hybridized carbons (Fsp3) is 0.280. The number of fused-ring (bicyclic) bond motifs is 3. The van der Waals surface area contributed by atoms with Crippen LogP contribution in [0.2, 0.25) is 0 Å². The van der Waals surface area contributed by atoms with Gasteiger partial charge in [0, 0.05) is 12.2 Å². The van der Waals surface area contributed by atoms with Crippen molar-refractivity contribution in [3.8, 4) is 5.69 Å². The maximum atomic E-state index is 13.8. The summed E-state index contributed by atoms with van der Waals surface area (Å²) in [5.41, 5.74) is 4.90. The minimum Gasteiger partial charge on any atom is -0.328 e. The molecule has 1 aromatic heterocycles. The highest BCUT2D eigenvalue weighted by Crippen LogP contribution is 2.42. The average molecular weight is 468 g/mol. The van der Waals surface area contributed by atoms with Crippen LogP contribution >= 0.6 is 23.2 Å². The van der Waals surface area contributed by atoms with Gasteiger partial charge in [-0.05, 0) is 49.6 Å². The Balaban J connectivity index is 1.59. The Morgan fingerprint density at radius 1 is 1.00 bits per heavy atom. The molecular formula is C25H23Cl2N3O2. The largest absolute Gasteiger partial charge is 0.328 e. The second-order valence-corrected chi connectivity index (χ2v) is 9.46. The van der Waals surface area contributed by atoms with Crippen molar-refractivity contribution in [2.24, 2.45) is 0 Å². The van der Waals surface area contributed by atoms with Gasteiger partial charge in [0.15, 0.2) is 4.84 Å². The van der Waals surface area contributed by atoms with Crippen LogP contribution in [0.25, 0.3) is 5.69 Å². The van der Waals surface area contributed by atoms with Crippen LogP contribution in [-0.2, 0) is 9.59 Å². The molecule has 1 fully saturated rings. The number of para-hydroxylation sites is 2. The second-order valence-electron chi connectivity index (χ2n) is 8.37. The number of nitrogens with zero attached hydrogens (tertiary/aromatic N) is 3. The molecule has 7 heteroatoms. The number of carbonyl (C=O) groups excluding carboxylic acids is 2. The molecule has 32 heavy (non-hydrogen) atoms. The molecular weight excluding hydrogens is 445 g/mol. The van der Waals surface area contributed by atoms with E-state index in [-0.39, 0.29) is 24.5 Å². The fourth-order valence-corrected chi connectivity index (χ4v) is 4.70. The van der Waals surface area contributed by atoms with Crippen molar-refractivity contribution < 1.29 is 9.59 Å². The molecule has 2 heterocycles. The first-order valence-electron chi connectivity index (χ1n) is 10.7. The second kappa shape index (κ2) is 8.30. The van der Waals surface area contributed by atoms with Gasteiger partial charge in [-0.2, -0.15) is 0 Å². The van der Waals surface area contributed by atoms with Crippen LogP contribution in [0.4, 0.5) is 5.69 Å². The Morgan fingerprint density at radius 2 is 1.69 bits per heavy atom. The molecule has 2 aliphatic rings. The third-order valence-corrected chi connectivity index (χ3v) is 6.52. The van der Waals surface area contributed by atoms with Gasteiger partial charge in [0.25, 0.3) is 5.91 Å². The molecule has 0 radical (unpaired) electrons. The summed E-state index contributed by atoms with van der Waals surface area (Å²) >= 11 is 11.8. The molecule has 5 rings (SSSR count). The molecule has 1 atom stereocenters. The van der Waals surface area contributed by atoms with Crippen molar-refractivity contribution in [3.05, 3.63) is 83.7 Å². The number of hydrogen-bond acceptors (Lipinski definition) is 2. The minimum atomic E-state index is -1.18. The number of benzene rings is 2. The van der Waals surface area contributed by atoms with Crippen LogP contribution in [0.5, 0.6) is 0 Å². The molecule has 164 valence electrons. The van der Waals surface area contributed by atoms with Gasteiger partial charge >= 0.3 is 0 Å². The zero-order valence-corrected chi connectivity index (χ0v) is 19.1. The number of hydrogen-bond donors (Lipinski definition) is 0. The molecule has 0 spiro atoms. The zero-order valence-electron chi connectivity index (χ0n) is 17.6. The van der Waals surface area contributed by atoms with Gasteiger partial charge in [-0.3, -0.25) is 14.5 Å². The number of anilines is 1. The van der Waals surface area contributed by atoms with Gasteiger partial charge in [-0.25, -0.2) is 0 Å². The summed E-state index contributed by atoms with van der Waals surface area (Å²) in [7, 11) is 0. The van der Waals surface area contributed by atoms with E-state index in [9.17, 15) is 9.59 Å². The smallest absolute Gasteiger partial charge is 0.256 e. The maximum absolute atomic E-state index is 13.8. The number of amides is 2. The van der Waals surface area contributed by atoms with Crippen LogP contribution in [0.1, 0.15) is 35.7 Å². The van der Waals surface area contributed by atoms with Crippen LogP contribution in [0.15, 0.2) is 66.9 Å². The number of halogens is 2. The number of alkyl halides is 2. The first-order chi connectivity index (χ1) is 15.5. The summed E-state index contributed by atoms with van der Waals surface area (Å²) in [6, 6.07) is 19.8. The molecule has 1 aliphatic carbocycles. The summed E-state index contributed by atoms with van der Waals surface area (Å²) in [6.07, 6.45) is 3.74. The lowest BCUT2D eigenvalue weighted by molar-refractivity contribution is -0.134. The van der Waals surface area contributed by atoms with E-state index >= 15 is 0 Å². The van der Waals surface area contributed by atoms with Crippen molar-refractivity contribution in [2.75, 3.05) is 11.4 Å². The van der Waals surface area contributed by atoms with Crippen LogP contribution in [0.3, 0.4) is 0 Å². The summed E-state index contributed by atoms with van der Waals surface area (Å²) < 4.78 is 2.13. The van der Waals surface area contributed by atoms with E-state index in [4.69, 9.17) is 23.2 Å². The quantitative estimate of drug-likeness (QED) is 0.494. The molecule has 0 N–H and O–H groups in total. The highest BCUT2D eigenvalue weighted by Gasteiger charge is 2.40. The Bertz CT molecular complexity index is 1170. The molecule has 2 aromatic carbocycles. The Hall–Kier alpha value is -2.76. The number of rotatable bonds is 5. The third-order valence-electron chi connectivity index (χ3n) is 6.14. The molecule has 1 saturated carbocycles. The Morgan fingerprint density at radius 3 is 2.34 bits per heavy atom. The van der Waals surface area contributed by atoms with Crippen molar-refractivity contribution in [1.29, 1.82) is 0 Å². The van der Waals surface area contributed by atoms with Gasteiger partial charge in [-0.15, -0.1) is 0 Å². The predicted octanol–water partition coefficient (Wildman–Crippen LogP) is 5.02. The molecule has 2 amide bonds. The average Bonchev–Trinajstić information content (AvgIpc) is 3.52. The zero-order chi connectivity index (χ0) is 22.4. The highest BCUT2D eigenvalue weighted by atomic mass is 35.5. The van der Waals surface area contributed by atoms with Crippen LogP contribution < -0.4 is 4.90 Å². The van der Waals surface area contributed by atoms with E-state index in [1.165, 1.54) is 4.90 Å². The van der Waals surface area contributed by atoms with Gasteiger partial charge in [0.1, 0.15) is 12.6 Å². The molecule has 0 bridgehead atoms. The number of carbonyl (C=O) groups is 2. The molecule has 1 unspecified atom stereocenters. The summed E-state index contributed by atoms with van der Waals surface area (Å²) in [4.78, 5) is 28.6. The molecule has 1 aliphatic heterocycles. The van der Waals surface area contributed by atoms with E-state index in [0.29, 0.717) is 0 Å². The topological polar surface area (TPSA) is 45.6 Å². The third kappa shape index (κ3) is 3.70. The van der Waals surface area contributed by atoms with Crippen molar-refractivity contribution in [1.82, 2.24) is 9.47 Å². The fourth-order valence-electron chi connectivity index (χ4n) is 4.45. The lowest BCUT2D eigenvalue weighted by atomic mass is 9.97. The van der Waals surface area contributed by atoms with Crippen LogP contribution in [0, 0.1) is 6.92 Å². The van der Waals surface area contributed by atoms with E-state index < -0.39 is 10.7 Å².